The van der Waals surface area contributed by atoms with E-state index in [4.69, 9.17) is 16.3 Å². The molecule has 0 aliphatic heterocycles. The molecular formula is C24H19ClFN7O. The Morgan fingerprint density at radius 1 is 1.09 bits per heavy atom. The maximum Gasteiger partial charge on any atom is 0.168 e. The first-order valence-electron chi connectivity index (χ1n) is 10.4. The molecule has 0 amide bonds. The van der Waals surface area contributed by atoms with Gasteiger partial charge in [0.25, 0.3) is 0 Å². The fourth-order valence-electron chi connectivity index (χ4n) is 3.56. The van der Waals surface area contributed by atoms with Crippen molar-refractivity contribution in [2.24, 2.45) is 7.05 Å². The number of hydrogen-bond acceptors (Lipinski definition) is 7. The zero-order valence-corrected chi connectivity index (χ0v) is 19.0. The molecule has 0 fully saturated rings. The van der Waals surface area contributed by atoms with Gasteiger partial charge in [0.15, 0.2) is 17.7 Å². The summed E-state index contributed by atoms with van der Waals surface area (Å²) in [6.07, 6.45) is 7.96. The molecule has 0 radical (unpaired) electrons. The molecule has 10 heteroatoms. The quantitative estimate of drug-likeness (QED) is 0.347. The molecule has 3 aromatic heterocycles. The fourth-order valence-corrected chi connectivity index (χ4v) is 3.73. The number of rotatable bonds is 6. The van der Waals surface area contributed by atoms with Crippen molar-refractivity contribution in [3.05, 3.63) is 84.2 Å². The van der Waals surface area contributed by atoms with Crippen LogP contribution in [0.25, 0.3) is 22.0 Å². The molecule has 1 atom stereocenters. The van der Waals surface area contributed by atoms with Gasteiger partial charge in [-0.2, -0.15) is 5.10 Å². The van der Waals surface area contributed by atoms with Crippen molar-refractivity contribution in [2.75, 3.05) is 5.32 Å². The third kappa shape index (κ3) is 4.25. The van der Waals surface area contributed by atoms with Gasteiger partial charge in [0.05, 0.1) is 22.4 Å². The van der Waals surface area contributed by atoms with Crippen LogP contribution in [0.3, 0.4) is 0 Å². The SMILES string of the molecule is C[C@@H](Oc1cc2c(Nc3cccc(Cl)c3F)ncnc2cc1-c1cnn(C)c1)c1ncccn1. The van der Waals surface area contributed by atoms with Gasteiger partial charge in [-0.15, -0.1) is 0 Å². The first kappa shape index (κ1) is 21.7. The van der Waals surface area contributed by atoms with Gasteiger partial charge < -0.3 is 10.1 Å². The van der Waals surface area contributed by atoms with Gasteiger partial charge in [-0.3, -0.25) is 4.68 Å². The summed E-state index contributed by atoms with van der Waals surface area (Å²) in [7, 11) is 1.84. The highest BCUT2D eigenvalue weighted by Gasteiger charge is 2.18. The minimum atomic E-state index is -0.561. The van der Waals surface area contributed by atoms with Gasteiger partial charge in [-0.25, -0.2) is 24.3 Å². The monoisotopic (exact) mass is 475 g/mol. The average molecular weight is 476 g/mol. The highest BCUT2D eigenvalue weighted by molar-refractivity contribution is 6.31. The summed E-state index contributed by atoms with van der Waals surface area (Å²) < 4.78 is 22.5. The van der Waals surface area contributed by atoms with Crippen LogP contribution in [0.5, 0.6) is 5.75 Å². The van der Waals surface area contributed by atoms with Crippen LogP contribution in [-0.4, -0.2) is 29.7 Å². The summed E-state index contributed by atoms with van der Waals surface area (Å²) in [4.78, 5) is 17.3. The smallest absolute Gasteiger partial charge is 0.168 e. The third-order valence-corrected chi connectivity index (χ3v) is 5.50. The molecule has 0 unspecified atom stereocenters. The fraction of sp³-hybridized carbons (Fsp3) is 0.125. The number of halogens is 2. The lowest BCUT2D eigenvalue weighted by Gasteiger charge is -2.18. The molecule has 0 spiro atoms. The molecule has 0 aliphatic rings. The van der Waals surface area contributed by atoms with Crippen molar-refractivity contribution in [3.63, 3.8) is 0 Å². The van der Waals surface area contributed by atoms with Crippen molar-refractivity contribution >= 4 is 34.0 Å². The Kier molecular flexibility index (Phi) is 5.77. The summed E-state index contributed by atoms with van der Waals surface area (Å²) in [5.41, 5.74) is 2.50. The molecule has 5 rings (SSSR count). The molecule has 170 valence electrons. The number of anilines is 2. The minimum Gasteiger partial charge on any atom is -0.482 e. The third-order valence-electron chi connectivity index (χ3n) is 5.21. The van der Waals surface area contributed by atoms with Gasteiger partial charge in [0, 0.05) is 42.2 Å². The van der Waals surface area contributed by atoms with Crippen LogP contribution < -0.4 is 10.1 Å². The van der Waals surface area contributed by atoms with E-state index in [-0.39, 0.29) is 10.7 Å². The first-order chi connectivity index (χ1) is 16.5. The number of hydrogen-bond donors (Lipinski definition) is 1. The van der Waals surface area contributed by atoms with Crippen LogP contribution in [0.15, 0.2) is 67.5 Å². The highest BCUT2D eigenvalue weighted by atomic mass is 35.5. The summed E-state index contributed by atoms with van der Waals surface area (Å²) in [6.45, 7) is 1.87. The second-order valence-electron chi connectivity index (χ2n) is 7.58. The Balaban J connectivity index is 1.63. The normalized spacial score (nSPS) is 12.0. The predicted octanol–water partition coefficient (Wildman–Crippen LogP) is 5.50. The van der Waals surface area contributed by atoms with Crippen LogP contribution in [0, 0.1) is 5.82 Å². The van der Waals surface area contributed by atoms with Gasteiger partial charge in [0.1, 0.15) is 17.9 Å². The van der Waals surface area contributed by atoms with E-state index in [0.717, 1.165) is 11.1 Å². The number of fused-ring (bicyclic) bond motifs is 1. The van der Waals surface area contributed by atoms with Gasteiger partial charge in [0.2, 0.25) is 0 Å². The van der Waals surface area contributed by atoms with Crippen LogP contribution in [0.2, 0.25) is 5.02 Å². The van der Waals surface area contributed by atoms with Crippen LogP contribution in [0.1, 0.15) is 18.9 Å². The van der Waals surface area contributed by atoms with Crippen LogP contribution in [-0.2, 0) is 7.05 Å². The van der Waals surface area contributed by atoms with E-state index in [9.17, 15) is 4.39 Å². The van der Waals surface area contributed by atoms with E-state index >= 15 is 0 Å². The Bertz CT molecular complexity index is 1480. The van der Waals surface area contributed by atoms with Crippen molar-refractivity contribution < 1.29 is 9.13 Å². The Morgan fingerprint density at radius 3 is 2.68 bits per heavy atom. The van der Waals surface area contributed by atoms with Crippen molar-refractivity contribution in [1.29, 1.82) is 0 Å². The Labute approximate surface area is 199 Å². The Hall–Kier alpha value is -4.11. The topological polar surface area (TPSA) is 90.6 Å². The molecule has 0 saturated heterocycles. The van der Waals surface area contributed by atoms with E-state index < -0.39 is 11.9 Å². The lowest BCUT2D eigenvalue weighted by atomic mass is 10.0. The zero-order chi connectivity index (χ0) is 23.7. The predicted molar refractivity (Wildman–Crippen MR) is 128 cm³/mol. The van der Waals surface area contributed by atoms with Crippen LogP contribution >= 0.6 is 11.6 Å². The number of nitrogens with one attached hydrogen (secondary N) is 1. The molecule has 0 aliphatic carbocycles. The first-order valence-corrected chi connectivity index (χ1v) is 10.8. The lowest BCUT2D eigenvalue weighted by Crippen LogP contribution is -2.08. The number of benzene rings is 2. The largest absolute Gasteiger partial charge is 0.482 e. The molecule has 34 heavy (non-hydrogen) atoms. The lowest BCUT2D eigenvalue weighted by molar-refractivity contribution is 0.217. The summed E-state index contributed by atoms with van der Waals surface area (Å²) in [5.74, 6) is 0.958. The van der Waals surface area contributed by atoms with E-state index in [0.29, 0.717) is 28.3 Å². The number of nitrogens with zero attached hydrogens (tertiary/aromatic N) is 6. The number of aryl methyl sites for hydroxylation is 1. The van der Waals surface area contributed by atoms with E-state index in [1.165, 1.54) is 12.4 Å². The second kappa shape index (κ2) is 9.03. The number of aromatic nitrogens is 6. The maximum absolute atomic E-state index is 14.5. The molecule has 1 N–H and O–H groups in total. The Morgan fingerprint density at radius 2 is 1.91 bits per heavy atom. The van der Waals surface area contributed by atoms with E-state index in [2.05, 4.69) is 30.4 Å². The average Bonchev–Trinajstić information content (AvgIpc) is 3.28. The molecule has 8 nitrogen and oxygen atoms in total. The molecule has 3 heterocycles. The van der Waals surface area contributed by atoms with Gasteiger partial charge in [-0.1, -0.05) is 17.7 Å². The molecule has 0 saturated carbocycles. The van der Waals surface area contributed by atoms with E-state index in [1.807, 2.05) is 32.3 Å². The van der Waals surface area contributed by atoms with Crippen molar-refractivity contribution in [3.8, 4) is 16.9 Å². The highest BCUT2D eigenvalue weighted by Crippen LogP contribution is 2.38. The molecule has 5 aromatic rings. The molecule has 0 bridgehead atoms. The minimum absolute atomic E-state index is 0.0166. The summed E-state index contributed by atoms with van der Waals surface area (Å²) in [6, 6.07) is 10.2. The van der Waals surface area contributed by atoms with E-state index in [1.54, 1.807) is 41.5 Å². The second-order valence-corrected chi connectivity index (χ2v) is 7.99. The maximum atomic E-state index is 14.5. The van der Waals surface area contributed by atoms with Gasteiger partial charge >= 0.3 is 0 Å². The summed E-state index contributed by atoms with van der Waals surface area (Å²) in [5, 5.41) is 7.97. The summed E-state index contributed by atoms with van der Waals surface area (Å²) >= 11 is 5.94. The zero-order valence-electron chi connectivity index (χ0n) is 18.3. The van der Waals surface area contributed by atoms with Crippen LogP contribution in [0.4, 0.5) is 15.9 Å². The molecule has 2 aromatic carbocycles. The standard InChI is InChI=1S/C24H19ClFN7O/c1-14(23-27-7-4-8-28-23)34-21-10-17-20(9-16(21)15-11-31-33(2)12-15)29-13-30-24(17)32-19-6-3-5-18(25)22(19)26/h3-14H,1-2H3,(H,29,30,32)/t14-/m1/s1. The van der Waals surface area contributed by atoms with Gasteiger partial charge in [-0.05, 0) is 37.3 Å². The van der Waals surface area contributed by atoms with Crippen molar-refractivity contribution in [1.82, 2.24) is 29.7 Å². The number of ether oxygens (including phenoxy) is 1. The van der Waals surface area contributed by atoms with Crippen molar-refractivity contribution in [2.45, 2.75) is 13.0 Å². The molecular weight excluding hydrogens is 457 g/mol.